The average Bonchev–Trinajstić information content (AvgIpc) is 3.57. The zero-order chi connectivity index (χ0) is 29.5. The Kier molecular flexibility index (Phi) is 8.44. The third-order valence-electron chi connectivity index (χ3n) is 5.57. The standard InChI is InChI=1S/C27H20F3N9O2S/c28-27(29,30)17-10-11-31-19(13-17)15-23(40)32-22-9-8-18(34-35-22)5-1-2-7-25-36-37-26(42-25)33-24(41)16-20-14-21-6-3-4-12-39(21)38-20/h3-4,6,8-14H,2,7,15-16H2,(H,32,35,40)(H,33,37,41). The van der Waals surface area contributed by atoms with Crippen LogP contribution in [0.25, 0.3) is 5.52 Å². The molecule has 0 saturated carbocycles. The zero-order valence-electron chi connectivity index (χ0n) is 21.6. The Labute approximate surface area is 240 Å². The Morgan fingerprint density at radius 1 is 0.929 bits per heavy atom. The predicted molar refractivity (Wildman–Crippen MR) is 146 cm³/mol. The van der Waals surface area contributed by atoms with Crippen LogP contribution in [-0.2, 0) is 35.0 Å². The number of amides is 2. The van der Waals surface area contributed by atoms with Crippen LogP contribution < -0.4 is 10.6 Å². The maximum Gasteiger partial charge on any atom is 0.416 e. The first-order valence-electron chi connectivity index (χ1n) is 12.4. The molecular weight excluding hydrogens is 571 g/mol. The molecule has 0 spiro atoms. The Hall–Kier alpha value is -5.23. The molecule has 0 atom stereocenters. The van der Waals surface area contributed by atoms with Crippen molar-refractivity contribution in [3.63, 3.8) is 0 Å². The van der Waals surface area contributed by atoms with Crippen molar-refractivity contribution in [2.24, 2.45) is 0 Å². The van der Waals surface area contributed by atoms with Crippen LogP contribution in [0.5, 0.6) is 0 Å². The van der Waals surface area contributed by atoms with Crippen LogP contribution in [0.1, 0.15) is 34.1 Å². The van der Waals surface area contributed by atoms with Crippen molar-refractivity contribution in [2.75, 3.05) is 10.6 Å². The van der Waals surface area contributed by atoms with Crippen molar-refractivity contribution in [1.29, 1.82) is 0 Å². The van der Waals surface area contributed by atoms with Crippen molar-refractivity contribution in [1.82, 2.24) is 35.0 Å². The second kappa shape index (κ2) is 12.5. The number of pyridine rings is 2. The first kappa shape index (κ1) is 28.3. The maximum absolute atomic E-state index is 12.8. The molecule has 5 rings (SSSR count). The van der Waals surface area contributed by atoms with E-state index in [1.807, 2.05) is 30.5 Å². The summed E-state index contributed by atoms with van der Waals surface area (Å²) < 4.78 is 40.2. The number of carbonyl (C=O) groups is 2. The summed E-state index contributed by atoms with van der Waals surface area (Å²) in [5, 5.41) is 26.5. The van der Waals surface area contributed by atoms with Crippen LogP contribution in [0.4, 0.5) is 24.1 Å². The SMILES string of the molecule is O=C(Cc1cc(C(F)(F)F)ccn1)Nc1ccc(C#CCCc2nnc(NC(=O)Cc3cc4ccccn4n3)s2)nn1. The first-order chi connectivity index (χ1) is 20.2. The van der Waals surface area contributed by atoms with E-state index >= 15 is 0 Å². The molecule has 0 aromatic carbocycles. The number of aromatic nitrogens is 7. The van der Waals surface area contributed by atoms with E-state index in [0.29, 0.717) is 34.4 Å². The topological polar surface area (TPSA) is 140 Å². The monoisotopic (exact) mass is 591 g/mol. The van der Waals surface area contributed by atoms with Gasteiger partial charge >= 0.3 is 6.18 Å². The third-order valence-corrected chi connectivity index (χ3v) is 6.47. The minimum absolute atomic E-state index is 0.0223. The van der Waals surface area contributed by atoms with Gasteiger partial charge in [-0.15, -0.1) is 20.4 Å². The molecule has 2 N–H and O–H groups in total. The van der Waals surface area contributed by atoms with Crippen molar-refractivity contribution >= 4 is 39.6 Å². The van der Waals surface area contributed by atoms with Crippen molar-refractivity contribution < 1.29 is 22.8 Å². The lowest BCUT2D eigenvalue weighted by atomic mass is 10.2. The second-order valence-electron chi connectivity index (χ2n) is 8.80. The quantitative estimate of drug-likeness (QED) is 0.260. The number of carbonyl (C=O) groups excluding carboxylic acids is 2. The van der Waals surface area contributed by atoms with Crippen LogP contribution in [0.2, 0.25) is 0 Å². The number of anilines is 2. The van der Waals surface area contributed by atoms with Crippen molar-refractivity contribution in [3.8, 4) is 11.8 Å². The molecule has 0 fully saturated rings. The van der Waals surface area contributed by atoms with Crippen molar-refractivity contribution in [2.45, 2.75) is 31.9 Å². The smallest absolute Gasteiger partial charge is 0.309 e. The Balaban J connectivity index is 1.06. The molecule has 11 nitrogen and oxygen atoms in total. The molecule has 5 aromatic rings. The number of rotatable bonds is 8. The highest BCUT2D eigenvalue weighted by Crippen LogP contribution is 2.29. The fourth-order valence-electron chi connectivity index (χ4n) is 3.70. The number of hydrogen-bond acceptors (Lipinski definition) is 9. The first-order valence-corrected chi connectivity index (χ1v) is 13.2. The van der Waals surface area contributed by atoms with E-state index in [-0.39, 0.29) is 30.3 Å². The maximum atomic E-state index is 12.8. The molecule has 0 aliphatic carbocycles. The van der Waals surface area contributed by atoms with Gasteiger partial charge in [-0.2, -0.15) is 18.3 Å². The molecule has 0 unspecified atom stereocenters. The van der Waals surface area contributed by atoms with Crippen LogP contribution in [-0.4, -0.2) is 46.8 Å². The lowest BCUT2D eigenvalue weighted by molar-refractivity contribution is -0.137. The van der Waals surface area contributed by atoms with E-state index < -0.39 is 17.6 Å². The molecule has 5 aromatic heterocycles. The van der Waals surface area contributed by atoms with Gasteiger partial charge in [0.15, 0.2) is 5.82 Å². The summed E-state index contributed by atoms with van der Waals surface area (Å²) in [4.78, 5) is 28.4. The van der Waals surface area contributed by atoms with E-state index in [1.54, 1.807) is 10.6 Å². The zero-order valence-corrected chi connectivity index (χ0v) is 22.4. The van der Waals surface area contributed by atoms with E-state index in [9.17, 15) is 22.8 Å². The Morgan fingerprint density at radius 2 is 1.76 bits per heavy atom. The summed E-state index contributed by atoms with van der Waals surface area (Å²) in [5.41, 5.74) is 1.01. The average molecular weight is 592 g/mol. The summed E-state index contributed by atoms with van der Waals surface area (Å²) >= 11 is 1.26. The number of halogens is 3. The highest BCUT2D eigenvalue weighted by molar-refractivity contribution is 7.15. The molecular formula is C27H20F3N9O2S. The van der Waals surface area contributed by atoms with Gasteiger partial charge in [0.25, 0.3) is 0 Å². The van der Waals surface area contributed by atoms with Crippen molar-refractivity contribution in [3.05, 3.63) is 88.6 Å². The van der Waals surface area contributed by atoms with Gasteiger partial charge in [-0.05, 0) is 48.4 Å². The fourth-order valence-corrected chi connectivity index (χ4v) is 4.46. The molecule has 42 heavy (non-hydrogen) atoms. The van der Waals surface area contributed by atoms with Gasteiger partial charge < -0.3 is 10.6 Å². The third kappa shape index (κ3) is 7.70. The van der Waals surface area contributed by atoms with E-state index in [2.05, 4.69) is 53.0 Å². The van der Waals surface area contributed by atoms with Gasteiger partial charge in [-0.3, -0.25) is 14.6 Å². The largest absolute Gasteiger partial charge is 0.416 e. The molecule has 0 bridgehead atoms. The lowest BCUT2D eigenvalue weighted by Gasteiger charge is -2.08. The van der Waals surface area contributed by atoms with Crippen LogP contribution in [0.15, 0.2) is 60.9 Å². The number of alkyl halides is 3. The number of fused-ring (bicyclic) bond motifs is 1. The number of nitrogens with zero attached hydrogens (tertiary/aromatic N) is 7. The highest BCUT2D eigenvalue weighted by Gasteiger charge is 2.30. The van der Waals surface area contributed by atoms with E-state index in [0.717, 1.165) is 23.8 Å². The van der Waals surface area contributed by atoms with Crippen LogP contribution in [0.3, 0.4) is 0 Å². The number of nitrogens with one attached hydrogen (secondary N) is 2. The predicted octanol–water partition coefficient (Wildman–Crippen LogP) is 3.74. The van der Waals surface area contributed by atoms with Gasteiger partial charge in [0, 0.05) is 25.2 Å². The number of hydrogen-bond donors (Lipinski definition) is 2. The molecule has 15 heteroatoms. The van der Waals surface area contributed by atoms with Crippen LogP contribution in [0, 0.1) is 11.8 Å². The Morgan fingerprint density at radius 3 is 2.55 bits per heavy atom. The molecule has 212 valence electrons. The summed E-state index contributed by atoms with van der Waals surface area (Å²) in [6.45, 7) is 0. The summed E-state index contributed by atoms with van der Waals surface area (Å²) in [6.07, 6.45) is -0.984. The highest BCUT2D eigenvalue weighted by atomic mass is 32.1. The molecule has 0 saturated heterocycles. The minimum Gasteiger partial charge on any atom is -0.309 e. The minimum atomic E-state index is -4.52. The van der Waals surface area contributed by atoms with E-state index in [4.69, 9.17) is 0 Å². The fraction of sp³-hybridized carbons (Fsp3) is 0.185. The van der Waals surface area contributed by atoms with Gasteiger partial charge in [-0.1, -0.05) is 23.3 Å². The number of aryl methyl sites for hydroxylation is 1. The summed E-state index contributed by atoms with van der Waals surface area (Å²) in [5.74, 6) is 5.11. The summed E-state index contributed by atoms with van der Waals surface area (Å²) in [7, 11) is 0. The van der Waals surface area contributed by atoms with Gasteiger partial charge in [-0.25, -0.2) is 4.52 Å². The van der Waals surface area contributed by atoms with Crippen LogP contribution >= 0.6 is 11.3 Å². The van der Waals surface area contributed by atoms with Gasteiger partial charge in [0.1, 0.15) is 10.7 Å². The normalized spacial score (nSPS) is 11.1. The molecule has 0 aliphatic heterocycles. The molecule has 2 amide bonds. The van der Waals surface area contributed by atoms with Gasteiger partial charge in [0.2, 0.25) is 16.9 Å². The molecule has 0 aliphatic rings. The molecule has 0 radical (unpaired) electrons. The second-order valence-corrected chi connectivity index (χ2v) is 9.86. The lowest BCUT2D eigenvalue weighted by Crippen LogP contribution is -2.17. The summed E-state index contributed by atoms with van der Waals surface area (Å²) in [6, 6.07) is 12.2. The molecule has 5 heterocycles. The Bertz CT molecular complexity index is 1760. The van der Waals surface area contributed by atoms with E-state index in [1.165, 1.54) is 17.4 Å². The van der Waals surface area contributed by atoms with Gasteiger partial charge in [0.05, 0.1) is 35.3 Å².